The summed E-state index contributed by atoms with van der Waals surface area (Å²) in [6.07, 6.45) is 1.72. The van der Waals surface area contributed by atoms with Gasteiger partial charge in [0.1, 0.15) is 11.6 Å². The quantitative estimate of drug-likeness (QED) is 0.889. The smallest absolute Gasteiger partial charge is 0.126 e. The van der Waals surface area contributed by atoms with Crippen LogP contribution in [-0.2, 0) is 6.42 Å². The van der Waals surface area contributed by atoms with E-state index in [1.54, 1.807) is 0 Å². The molecule has 3 heteroatoms. The van der Waals surface area contributed by atoms with Crippen molar-refractivity contribution in [1.82, 2.24) is 0 Å². The van der Waals surface area contributed by atoms with Crippen LogP contribution in [0.2, 0.25) is 0 Å². The third-order valence-corrected chi connectivity index (χ3v) is 3.79. The molecule has 0 spiro atoms. The first kappa shape index (κ1) is 13.3. The van der Waals surface area contributed by atoms with E-state index < -0.39 is 17.7 Å². The molecule has 2 aromatic rings. The van der Waals surface area contributed by atoms with Crippen molar-refractivity contribution in [2.75, 3.05) is 0 Å². The summed E-state index contributed by atoms with van der Waals surface area (Å²) in [5.74, 6) is -0.306. The Labute approximate surface area is 116 Å². The number of aliphatic hydroxyl groups excluding tert-OH is 1. The summed E-state index contributed by atoms with van der Waals surface area (Å²) in [5.41, 5.74) is 2.22. The van der Waals surface area contributed by atoms with Crippen LogP contribution in [-0.4, -0.2) is 5.11 Å². The van der Waals surface area contributed by atoms with Gasteiger partial charge < -0.3 is 5.11 Å². The van der Waals surface area contributed by atoms with Gasteiger partial charge in [-0.1, -0.05) is 24.3 Å². The highest BCUT2D eigenvalue weighted by Gasteiger charge is 2.23. The maximum atomic E-state index is 13.5. The van der Waals surface area contributed by atoms with E-state index in [4.69, 9.17) is 0 Å². The van der Waals surface area contributed by atoms with Gasteiger partial charge in [0, 0.05) is 6.42 Å². The predicted molar refractivity (Wildman–Crippen MR) is 73.4 cm³/mol. The highest BCUT2D eigenvalue weighted by Crippen LogP contribution is 2.40. The Bertz CT molecular complexity index is 603. The molecule has 1 aliphatic rings. The molecule has 0 saturated heterocycles. The normalized spacial score (nSPS) is 16.1. The van der Waals surface area contributed by atoms with E-state index in [0.717, 1.165) is 23.8 Å². The van der Waals surface area contributed by atoms with Crippen molar-refractivity contribution in [2.45, 2.75) is 31.3 Å². The van der Waals surface area contributed by atoms with Gasteiger partial charge in [0.2, 0.25) is 0 Å². The molecule has 0 aromatic heterocycles. The fourth-order valence-electron chi connectivity index (χ4n) is 2.43. The van der Waals surface area contributed by atoms with E-state index in [9.17, 15) is 13.9 Å². The second kappa shape index (κ2) is 5.33. The van der Waals surface area contributed by atoms with Crippen molar-refractivity contribution in [3.05, 3.63) is 70.8 Å². The van der Waals surface area contributed by atoms with Crippen LogP contribution in [0.15, 0.2) is 42.5 Å². The second-order valence-electron chi connectivity index (χ2n) is 5.40. The van der Waals surface area contributed by atoms with Gasteiger partial charge in [0.25, 0.3) is 0 Å². The molecule has 1 fully saturated rings. The lowest BCUT2D eigenvalue weighted by atomic mass is 9.99. The molecule has 1 nitrogen and oxygen atoms in total. The molecule has 0 radical (unpaired) electrons. The molecular weight excluding hydrogens is 258 g/mol. The largest absolute Gasteiger partial charge is 0.388 e. The predicted octanol–water partition coefficient (Wildman–Crippen LogP) is 4.12. The topological polar surface area (TPSA) is 20.2 Å². The van der Waals surface area contributed by atoms with E-state index in [-0.39, 0.29) is 12.0 Å². The van der Waals surface area contributed by atoms with Crippen LogP contribution in [0.5, 0.6) is 0 Å². The van der Waals surface area contributed by atoms with Crippen molar-refractivity contribution >= 4 is 0 Å². The molecule has 0 heterocycles. The molecule has 104 valence electrons. The molecule has 1 aliphatic carbocycles. The first-order valence-corrected chi connectivity index (χ1v) is 6.85. The Morgan fingerprint density at radius 2 is 1.75 bits per heavy atom. The third kappa shape index (κ3) is 2.88. The lowest BCUT2D eigenvalue weighted by molar-refractivity contribution is 0.177. The molecule has 1 unspecified atom stereocenters. The van der Waals surface area contributed by atoms with Crippen molar-refractivity contribution in [3.63, 3.8) is 0 Å². The average molecular weight is 274 g/mol. The van der Waals surface area contributed by atoms with Crippen molar-refractivity contribution in [2.24, 2.45) is 0 Å². The van der Waals surface area contributed by atoms with Crippen molar-refractivity contribution in [3.8, 4) is 0 Å². The zero-order valence-corrected chi connectivity index (χ0v) is 11.0. The molecule has 2 aromatic carbocycles. The van der Waals surface area contributed by atoms with Gasteiger partial charge in [0.05, 0.1) is 6.10 Å². The van der Waals surface area contributed by atoms with Gasteiger partial charge in [-0.15, -0.1) is 0 Å². The standard InChI is InChI=1S/C17H16F2O/c18-15-7-8-16(19)14(9-15)10-17(20)13-5-3-12(4-6-13)11-1-2-11/h3-9,11,17,20H,1-2,10H2. The number of halogens is 2. The van der Waals surface area contributed by atoms with Crippen LogP contribution in [0.1, 0.15) is 41.6 Å². The van der Waals surface area contributed by atoms with E-state index >= 15 is 0 Å². The van der Waals surface area contributed by atoms with Crippen LogP contribution in [0.4, 0.5) is 8.78 Å². The number of hydrogen-bond acceptors (Lipinski definition) is 1. The maximum Gasteiger partial charge on any atom is 0.126 e. The Morgan fingerprint density at radius 1 is 1.05 bits per heavy atom. The monoisotopic (exact) mass is 274 g/mol. The summed E-state index contributed by atoms with van der Waals surface area (Å²) in [7, 11) is 0. The zero-order chi connectivity index (χ0) is 14.1. The summed E-state index contributed by atoms with van der Waals surface area (Å²) in [6, 6.07) is 11.1. The molecular formula is C17H16F2O. The minimum atomic E-state index is -0.820. The molecule has 1 atom stereocenters. The van der Waals surface area contributed by atoms with Gasteiger partial charge in [-0.3, -0.25) is 0 Å². The molecule has 20 heavy (non-hydrogen) atoms. The molecule has 0 bridgehead atoms. The van der Waals surface area contributed by atoms with E-state index in [1.807, 2.05) is 24.3 Å². The second-order valence-corrected chi connectivity index (χ2v) is 5.40. The molecule has 1 saturated carbocycles. The zero-order valence-electron chi connectivity index (χ0n) is 11.0. The summed E-state index contributed by atoms with van der Waals surface area (Å²) < 4.78 is 26.6. The van der Waals surface area contributed by atoms with Crippen LogP contribution >= 0.6 is 0 Å². The highest BCUT2D eigenvalue weighted by molar-refractivity contribution is 5.30. The first-order valence-electron chi connectivity index (χ1n) is 6.85. The van der Waals surface area contributed by atoms with Crippen LogP contribution < -0.4 is 0 Å². The Hall–Kier alpha value is -1.74. The van der Waals surface area contributed by atoms with Gasteiger partial charge >= 0.3 is 0 Å². The van der Waals surface area contributed by atoms with E-state index in [0.29, 0.717) is 5.92 Å². The Morgan fingerprint density at radius 3 is 2.40 bits per heavy atom. The van der Waals surface area contributed by atoms with Gasteiger partial charge in [0.15, 0.2) is 0 Å². The fraction of sp³-hybridized carbons (Fsp3) is 0.294. The minimum absolute atomic E-state index is 0.0758. The van der Waals surface area contributed by atoms with Gasteiger partial charge in [-0.05, 0) is 53.6 Å². The lowest BCUT2D eigenvalue weighted by Crippen LogP contribution is -2.04. The van der Waals surface area contributed by atoms with Crippen molar-refractivity contribution < 1.29 is 13.9 Å². The molecule has 3 rings (SSSR count). The SMILES string of the molecule is OC(Cc1cc(F)ccc1F)c1ccc(C2CC2)cc1. The summed E-state index contributed by atoms with van der Waals surface area (Å²) >= 11 is 0. The summed E-state index contributed by atoms with van der Waals surface area (Å²) in [6.45, 7) is 0. The van der Waals surface area contributed by atoms with Crippen molar-refractivity contribution in [1.29, 1.82) is 0 Å². The number of aliphatic hydroxyl groups is 1. The highest BCUT2D eigenvalue weighted by atomic mass is 19.1. The maximum absolute atomic E-state index is 13.5. The van der Waals surface area contributed by atoms with Gasteiger partial charge in [-0.2, -0.15) is 0 Å². The minimum Gasteiger partial charge on any atom is -0.388 e. The van der Waals surface area contributed by atoms with E-state index in [1.165, 1.54) is 18.4 Å². The first-order chi connectivity index (χ1) is 9.63. The van der Waals surface area contributed by atoms with Crippen LogP contribution in [0.25, 0.3) is 0 Å². The summed E-state index contributed by atoms with van der Waals surface area (Å²) in [4.78, 5) is 0. The molecule has 1 N–H and O–H groups in total. The Balaban J connectivity index is 1.74. The summed E-state index contributed by atoms with van der Waals surface area (Å²) in [5, 5.41) is 10.1. The number of benzene rings is 2. The number of hydrogen-bond donors (Lipinski definition) is 1. The van der Waals surface area contributed by atoms with E-state index in [2.05, 4.69) is 0 Å². The Kier molecular flexibility index (Phi) is 3.53. The fourth-order valence-corrected chi connectivity index (χ4v) is 2.43. The molecule has 0 amide bonds. The average Bonchev–Trinajstić information content (AvgIpc) is 3.27. The lowest BCUT2D eigenvalue weighted by Gasteiger charge is -2.12. The van der Waals surface area contributed by atoms with Gasteiger partial charge in [-0.25, -0.2) is 8.78 Å². The number of rotatable bonds is 4. The van der Waals surface area contributed by atoms with Crippen LogP contribution in [0, 0.1) is 11.6 Å². The molecule has 0 aliphatic heterocycles. The third-order valence-electron chi connectivity index (χ3n) is 3.79. The van der Waals surface area contributed by atoms with Crippen LogP contribution in [0.3, 0.4) is 0 Å².